The highest BCUT2D eigenvalue weighted by Gasteiger charge is 2.09. The second-order valence-corrected chi connectivity index (χ2v) is 20.1. The van der Waals surface area contributed by atoms with Crippen LogP contribution in [0.3, 0.4) is 0 Å². The third-order valence-electron chi connectivity index (χ3n) is 14.0. The molecule has 0 saturated carbocycles. The molecule has 0 aliphatic carbocycles. The summed E-state index contributed by atoms with van der Waals surface area (Å²) in [5.41, 5.74) is 0.526. The molecule has 0 aromatic heterocycles. The van der Waals surface area contributed by atoms with Crippen LogP contribution >= 0.6 is 0 Å². The van der Waals surface area contributed by atoms with Gasteiger partial charge in [-0.15, -0.1) is 0 Å². The number of aliphatic carboxylic acids is 1. The minimum absolute atomic E-state index is 0.526. The second-order valence-electron chi connectivity index (χ2n) is 20.1. The fourth-order valence-corrected chi connectivity index (χ4v) is 9.60. The smallest absolute Gasteiger partial charge is 0.330 e. The zero-order valence-electron chi connectivity index (χ0n) is 42.1. The number of rotatable bonds is 53. The standard InChI is InChI=1S/C58H114O2/c1-4-6-8-10-12-14-16-18-20-22-24-25-26-27-28-29-30-31-32-33-34-35-37-39-41-43-45-47-49-51-53-57(55-54-56(3)58(59)60)52-50-48-46-44-42-40-38-36-23-21-19-17-15-13-11-9-7-5-2/h54,57H,4-53,55H2,1-3H3,(H,59,60). The largest absolute Gasteiger partial charge is 0.478 e. The van der Waals surface area contributed by atoms with E-state index in [1.165, 1.54) is 321 Å². The van der Waals surface area contributed by atoms with Gasteiger partial charge in [-0.05, 0) is 19.3 Å². The van der Waals surface area contributed by atoms with Gasteiger partial charge in [0.1, 0.15) is 0 Å². The maximum absolute atomic E-state index is 11.4. The number of hydrogen-bond donors (Lipinski definition) is 1. The molecule has 0 aliphatic heterocycles. The van der Waals surface area contributed by atoms with Crippen molar-refractivity contribution in [2.45, 2.75) is 348 Å². The Morgan fingerprint density at radius 1 is 0.317 bits per heavy atom. The molecule has 0 rings (SSSR count). The van der Waals surface area contributed by atoms with Crippen LogP contribution in [-0.2, 0) is 4.79 Å². The summed E-state index contributed by atoms with van der Waals surface area (Å²) < 4.78 is 0. The van der Waals surface area contributed by atoms with Crippen molar-refractivity contribution in [3.05, 3.63) is 11.6 Å². The number of carboxylic acid groups (broad SMARTS) is 1. The van der Waals surface area contributed by atoms with Crippen molar-refractivity contribution >= 4 is 5.97 Å². The average Bonchev–Trinajstić information content (AvgIpc) is 3.25. The zero-order valence-corrected chi connectivity index (χ0v) is 42.1. The van der Waals surface area contributed by atoms with Gasteiger partial charge in [0.2, 0.25) is 0 Å². The lowest BCUT2D eigenvalue weighted by molar-refractivity contribution is -0.132. The van der Waals surface area contributed by atoms with Gasteiger partial charge in [-0.3, -0.25) is 0 Å². The van der Waals surface area contributed by atoms with Crippen LogP contribution in [0.2, 0.25) is 0 Å². The molecule has 358 valence electrons. The van der Waals surface area contributed by atoms with E-state index in [0.717, 1.165) is 6.42 Å². The fourth-order valence-electron chi connectivity index (χ4n) is 9.60. The molecule has 1 atom stereocenters. The SMILES string of the molecule is CCCCCCCCCCCCCCCCCCCCCCCCCCCCCCCCC(CC=C(C)C(=O)O)CCCCCCCCCCCCCCCCCCCC. The third-order valence-corrected chi connectivity index (χ3v) is 14.0. The summed E-state index contributed by atoms with van der Waals surface area (Å²) in [5.74, 6) is -0.0862. The van der Waals surface area contributed by atoms with Crippen LogP contribution in [0, 0.1) is 5.92 Å². The molecule has 0 aliphatic rings. The Balaban J connectivity index is 3.57. The predicted molar refractivity (Wildman–Crippen MR) is 272 cm³/mol. The first-order valence-electron chi connectivity index (χ1n) is 28.5. The summed E-state index contributed by atoms with van der Waals surface area (Å²) in [6.45, 7) is 6.37. The molecular formula is C58H114O2. The molecule has 0 bridgehead atoms. The maximum Gasteiger partial charge on any atom is 0.330 e. The number of hydrogen-bond acceptors (Lipinski definition) is 1. The molecule has 2 heteroatoms. The minimum Gasteiger partial charge on any atom is -0.478 e. The molecule has 60 heavy (non-hydrogen) atoms. The molecule has 0 aromatic carbocycles. The molecule has 2 nitrogen and oxygen atoms in total. The normalized spacial score (nSPS) is 12.5. The van der Waals surface area contributed by atoms with Crippen molar-refractivity contribution in [1.82, 2.24) is 0 Å². The van der Waals surface area contributed by atoms with Gasteiger partial charge in [-0.25, -0.2) is 4.79 Å². The van der Waals surface area contributed by atoms with Gasteiger partial charge in [0.25, 0.3) is 0 Å². The van der Waals surface area contributed by atoms with Gasteiger partial charge in [0.15, 0.2) is 0 Å². The quantitative estimate of drug-likeness (QED) is 0.0489. The van der Waals surface area contributed by atoms with E-state index in [0.29, 0.717) is 11.5 Å². The first-order chi connectivity index (χ1) is 29.6. The first kappa shape index (κ1) is 59.2. The summed E-state index contributed by atoms with van der Waals surface area (Å²) in [4.78, 5) is 11.4. The number of unbranched alkanes of at least 4 members (excludes halogenated alkanes) is 46. The zero-order chi connectivity index (χ0) is 43.5. The van der Waals surface area contributed by atoms with E-state index in [4.69, 9.17) is 0 Å². The maximum atomic E-state index is 11.4. The summed E-state index contributed by atoms with van der Waals surface area (Å²) in [5, 5.41) is 9.36. The predicted octanol–water partition coefficient (Wildman–Crippen LogP) is 21.6. The summed E-state index contributed by atoms with van der Waals surface area (Å²) >= 11 is 0. The Morgan fingerprint density at radius 3 is 0.650 bits per heavy atom. The van der Waals surface area contributed by atoms with E-state index in [2.05, 4.69) is 13.8 Å². The highest BCUT2D eigenvalue weighted by Crippen LogP contribution is 2.24. The van der Waals surface area contributed by atoms with Crippen molar-refractivity contribution in [3.63, 3.8) is 0 Å². The highest BCUT2D eigenvalue weighted by molar-refractivity contribution is 5.85. The van der Waals surface area contributed by atoms with E-state index in [1.807, 2.05) is 6.08 Å². The second kappa shape index (κ2) is 52.6. The van der Waals surface area contributed by atoms with E-state index < -0.39 is 5.97 Å². The summed E-state index contributed by atoms with van der Waals surface area (Å²) in [6.07, 6.45) is 74.6. The third kappa shape index (κ3) is 49.9. The molecule has 0 fully saturated rings. The van der Waals surface area contributed by atoms with Gasteiger partial charge in [0.05, 0.1) is 0 Å². The van der Waals surface area contributed by atoms with Crippen LogP contribution in [0.1, 0.15) is 348 Å². The van der Waals surface area contributed by atoms with Crippen molar-refractivity contribution in [3.8, 4) is 0 Å². The van der Waals surface area contributed by atoms with Gasteiger partial charge >= 0.3 is 5.97 Å². The van der Waals surface area contributed by atoms with Crippen molar-refractivity contribution in [1.29, 1.82) is 0 Å². The monoisotopic (exact) mass is 843 g/mol. The van der Waals surface area contributed by atoms with Gasteiger partial charge in [-0.1, -0.05) is 341 Å². The highest BCUT2D eigenvalue weighted by atomic mass is 16.4. The molecular weight excluding hydrogens is 729 g/mol. The van der Waals surface area contributed by atoms with Crippen molar-refractivity contribution in [2.24, 2.45) is 5.92 Å². The van der Waals surface area contributed by atoms with Crippen LogP contribution in [-0.4, -0.2) is 11.1 Å². The van der Waals surface area contributed by atoms with Crippen LogP contribution < -0.4 is 0 Å². The van der Waals surface area contributed by atoms with E-state index in [9.17, 15) is 9.90 Å². The van der Waals surface area contributed by atoms with Gasteiger partial charge in [0, 0.05) is 5.57 Å². The Bertz CT molecular complexity index is 831. The lowest BCUT2D eigenvalue weighted by Gasteiger charge is -2.15. The Morgan fingerprint density at radius 2 is 0.483 bits per heavy atom. The van der Waals surface area contributed by atoms with Crippen LogP contribution in [0.25, 0.3) is 0 Å². The van der Waals surface area contributed by atoms with Crippen molar-refractivity contribution in [2.75, 3.05) is 0 Å². The van der Waals surface area contributed by atoms with Crippen molar-refractivity contribution < 1.29 is 9.90 Å². The number of carboxylic acids is 1. The lowest BCUT2D eigenvalue weighted by atomic mass is 9.90. The lowest BCUT2D eigenvalue weighted by Crippen LogP contribution is -2.02. The number of carbonyl (C=O) groups is 1. The van der Waals surface area contributed by atoms with Crippen LogP contribution in [0.15, 0.2) is 11.6 Å². The van der Waals surface area contributed by atoms with E-state index >= 15 is 0 Å². The van der Waals surface area contributed by atoms with Crippen LogP contribution in [0.4, 0.5) is 0 Å². The summed E-state index contributed by atoms with van der Waals surface area (Å²) in [6, 6.07) is 0. The number of allylic oxidation sites excluding steroid dienone is 1. The summed E-state index contributed by atoms with van der Waals surface area (Å²) in [7, 11) is 0. The average molecular weight is 844 g/mol. The molecule has 0 heterocycles. The van der Waals surface area contributed by atoms with E-state index in [-0.39, 0.29) is 0 Å². The van der Waals surface area contributed by atoms with Crippen LogP contribution in [0.5, 0.6) is 0 Å². The molecule has 0 radical (unpaired) electrons. The Hall–Kier alpha value is -0.790. The molecule has 0 spiro atoms. The van der Waals surface area contributed by atoms with Gasteiger partial charge < -0.3 is 5.11 Å². The Labute approximate surface area is 380 Å². The molecule has 0 amide bonds. The van der Waals surface area contributed by atoms with Gasteiger partial charge in [-0.2, -0.15) is 0 Å². The minimum atomic E-state index is -0.752. The topological polar surface area (TPSA) is 37.3 Å². The fraction of sp³-hybridized carbons (Fsp3) is 0.948. The molecule has 0 saturated heterocycles. The Kier molecular flexibility index (Phi) is 51.9. The molecule has 0 aromatic rings. The molecule has 1 unspecified atom stereocenters. The molecule has 1 N–H and O–H groups in total. The first-order valence-corrected chi connectivity index (χ1v) is 28.5. The van der Waals surface area contributed by atoms with E-state index in [1.54, 1.807) is 6.92 Å².